The molecule has 0 aliphatic rings. The van der Waals surface area contributed by atoms with Gasteiger partial charge in [-0.15, -0.1) is 0 Å². The third-order valence-electron chi connectivity index (χ3n) is 2.48. The Kier molecular flexibility index (Phi) is 5.44. The summed E-state index contributed by atoms with van der Waals surface area (Å²) in [5, 5.41) is 11.6. The Balaban J connectivity index is 2.98. The standard InChI is InChI=1S/C12H13Cl2NO4/c1-3-9(12(17)18)15-11(16)6-4-7(13)10(19-2)8(14)5-6/h4-5,9H,3H2,1-2H3,(H,15,16)(H,17,18). The molecular weight excluding hydrogens is 293 g/mol. The van der Waals surface area contributed by atoms with Gasteiger partial charge in [-0.1, -0.05) is 30.1 Å². The van der Waals surface area contributed by atoms with Gasteiger partial charge in [-0.25, -0.2) is 4.79 Å². The summed E-state index contributed by atoms with van der Waals surface area (Å²) in [4.78, 5) is 22.7. The van der Waals surface area contributed by atoms with Crippen molar-refractivity contribution in [3.63, 3.8) is 0 Å². The van der Waals surface area contributed by atoms with Crippen molar-refractivity contribution in [3.8, 4) is 5.75 Å². The van der Waals surface area contributed by atoms with E-state index >= 15 is 0 Å². The average Bonchev–Trinajstić information content (AvgIpc) is 2.34. The Labute approximate surface area is 120 Å². The fourth-order valence-electron chi connectivity index (χ4n) is 1.47. The van der Waals surface area contributed by atoms with Gasteiger partial charge in [0.25, 0.3) is 5.91 Å². The molecule has 2 N–H and O–H groups in total. The molecule has 0 fully saturated rings. The third kappa shape index (κ3) is 3.75. The molecule has 0 aromatic heterocycles. The monoisotopic (exact) mass is 305 g/mol. The Morgan fingerprint density at radius 3 is 2.26 bits per heavy atom. The summed E-state index contributed by atoms with van der Waals surface area (Å²) in [6.45, 7) is 1.66. The molecule has 0 heterocycles. The number of benzene rings is 1. The zero-order valence-corrected chi connectivity index (χ0v) is 11.9. The van der Waals surface area contributed by atoms with Crippen molar-refractivity contribution in [1.29, 1.82) is 0 Å². The number of aliphatic carboxylic acids is 1. The maximum Gasteiger partial charge on any atom is 0.326 e. The SMILES string of the molecule is CCC(NC(=O)c1cc(Cl)c(OC)c(Cl)c1)C(=O)O. The predicted molar refractivity (Wildman–Crippen MR) is 72.2 cm³/mol. The number of hydrogen-bond donors (Lipinski definition) is 2. The lowest BCUT2D eigenvalue weighted by molar-refractivity contribution is -0.139. The number of amides is 1. The van der Waals surface area contributed by atoms with Crippen LogP contribution in [-0.4, -0.2) is 30.1 Å². The predicted octanol–water partition coefficient (Wildman–Crippen LogP) is 2.59. The molecule has 0 spiro atoms. The van der Waals surface area contributed by atoms with E-state index in [9.17, 15) is 9.59 Å². The van der Waals surface area contributed by atoms with Crippen LogP contribution in [0.25, 0.3) is 0 Å². The molecule has 19 heavy (non-hydrogen) atoms. The van der Waals surface area contributed by atoms with Gasteiger partial charge >= 0.3 is 5.97 Å². The molecule has 0 radical (unpaired) electrons. The lowest BCUT2D eigenvalue weighted by Gasteiger charge is -2.13. The molecule has 1 aromatic carbocycles. The van der Waals surface area contributed by atoms with Gasteiger partial charge in [-0.2, -0.15) is 0 Å². The number of carboxylic acids is 1. The topological polar surface area (TPSA) is 75.6 Å². The first kappa shape index (κ1) is 15.6. The van der Waals surface area contributed by atoms with Gasteiger partial charge < -0.3 is 15.2 Å². The molecule has 7 heteroatoms. The van der Waals surface area contributed by atoms with Crippen LogP contribution in [0.4, 0.5) is 0 Å². The number of hydrogen-bond acceptors (Lipinski definition) is 3. The first-order chi connectivity index (χ1) is 8.90. The summed E-state index contributed by atoms with van der Waals surface area (Å²) in [6, 6.07) is 1.79. The second-order valence-electron chi connectivity index (χ2n) is 3.75. The molecule has 1 atom stereocenters. The third-order valence-corrected chi connectivity index (χ3v) is 3.04. The summed E-state index contributed by atoms with van der Waals surface area (Å²) >= 11 is 11.8. The average molecular weight is 306 g/mol. The van der Waals surface area contributed by atoms with Crippen LogP contribution in [-0.2, 0) is 4.79 Å². The molecule has 104 valence electrons. The van der Waals surface area contributed by atoms with Gasteiger partial charge in [0.05, 0.1) is 17.2 Å². The molecule has 1 rings (SSSR count). The van der Waals surface area contributed by atoms with Crippen LogP contribution >= 0.6 is 23.2 Å². The molecule has 0 aliphatic carbocycles. The summed E-state index contributed by atoms with van der Waals surface area (Å²) < 4.78 is 4.96. The highest BCUT2D eigenvalue weighted by molar-refractivity contribution is 6.37. The van der Waals surface area contributed by atoms with Crippen molar-refractivity contribution in [2.24, 2.45) is 0 Å². The zero-order valence-electron chi connectivity index (χ0n) is 10.4. The summed E-state index contributed by atoms with van der Waals surface area (Å²) in [5.41, 5.74) is 0.176. The van der Waals surface area contributed by atoms with Crippen molar-refractivity contribution in [2.75, 3.05) is 7.11 Å². The van der Waals surface area contributed by atoms with Crippen molar-refractivity contribution < 1.29 is 19.4 Å². The first-order valence-corrected chi connectivity index (χ1v) is 6.23. The number of carboxylic acid groups (broad SMARTS) is 1. The van der Waals surface area contributed by atoms with E-state index in [2.05, 4.69) is 5.32 Å². The molecule has 1 amide bonds. The van der Waals surface area contributed by atoms with Crippen LogP contribution < -0.4 is 10.1 Å². The van der Waals surface area contributed by atoms with E-state index in [0.29, 0.717) is 0 Å². The van der Waals surface area contributed by atoms with Crippen LogP contribution in [0.15, 0.2) is 12.1 Å². The van der Waals surface area contributed by atoms with E-state index in [1.807, 2.05) is 0 Å². The summed E-state index contributed by atoms with van der Waals surface area (Å²) in [5.74, 6) is -1.38. The van der Waals surface area contributed by atoms with E-state index in [1.165, 1.54) is 19.2 Å². The molecule has 0 bridgehead atoms. The molecule has 5 nitrogen and oxygen atoms in total. The van der Waals surface area contributed by atoms with Crippen LogP contribution in [0.5, 0.6) is 5.75 Å². The zero-order chi connectivity index (χ0) is 14.6. The first-order valence-electron chi connectivity index (χ1n) is 5.47. The minimum absolute atomic E-state index is 0.176. The lowest BCUT2D eigenvalue weighted by Crippen LogP contribution is -2.40. The van der Waals surface area contributed by atoms with Crippen LogP contribution in [0.2, 0.25) is 10.0 Å². The van der Waals surface area contributed by atoms with Crippen LogP contribution in [0, 0.1) is 0 Å². The highest BCUT2D eigenvalue weighted by Crippen LogP contribution is 2.33. The lowest BCUT2D eigenvalue weighted by atomic mass is 10.1. The fourth-order valence-corrected chi connectivity index (χ4v) is 2.11. The largest absolute Gasteiger partial charge is 0.494 e. The fraction of sp³-hybridized carbons (Fsp3) is 0.333. The number of carbonyl (C=O) groups excluding carboxylic acids is 1. The normalized spacial score (nSPS) is 11.8. The van der Waals surface area contributed by atoms with Crippen molar-refractivity contribution in [3.05, 3.63) is 27.7 Å². The summed E-state index contributed by atoms with van der Waals surface area (Å²) in [6.07, 6.45) is 0.276. The summed E-state index contributed by atoms with van der Waals surface area (Å²) in [7, 11) is 1.41. The minimum Gasteiger partial charge on any atom is -0.494 e. The maximum absolute atomic E-state index is 11.9. The minimum atomic E-state index is -1.10. The Morgan fingerprint density at radius 2 is 1.89 bits per heavy atom. The van der Waals surface area contributed by atoms with Gasteiger partial charge in [0, 0.05) is 5.56 Å². The molecule has 0 saturated heterocycles. The van der Waals surface area contributed by atoms with E-state index in [1.54, 1.807) is 6.92 Å². The van der Waals surface area contributed by atoms with Gasteiger partial charge in [0.2, 0.25) is 0 Å². The molecule has 1 unspecified atom stereocenters. The second-order valence-corrected chi connectivity index (χ2v) is 4.56. The molecule has 0 aliphatic heterocycles. The van der Waals surface area contributed by atoms with Gasteiger partial charge in [-0.05, 0) is 18.6 Å². The second kappa shape index (κ2) is 6.63. The van der Waals surface area contributed by atoms with Crippen molar-refractivity contribution in [2.45, 2.75) is 19.4 Å². The quantitative estimate of drug-likeness (QED) is 0.876. The van der Waals surface area contributed by atoms with E-state index in [4.69, 9.17) is 33.0 Å². The number of carbonyl (C=O) groups is 2. The van der Waals surface area contributed by atoms with E-state index in [0.717, 1.165) is 0 Å². The van der Waals surface area contributed by atoms with Gasteiger partial charge in [-0.3, -0.25) is 4.79 Å². The van der Waals surface area contributed by atoms with Crippen LogP contribution in [0.1, 0.15) is 23.7 Å². The van der Waals surface area contributed by atoms with E-state index in [-0.39, 0.29) is 27.8 Å². The van der Waals surface area contributed by atoms with Crippen molar-refractivity contribution in [1.82, 2.24) is 5.32 Å². The number of ether oxygens (including phenoxy) is 1. The highest BCUT2D eigenvalue weighted by atomic mass is 35.5. The maximum atomic E-state index is 11.9. The number of nitrogens with one attached hydrogen (secondary N) is 1. The van der Waals surface area contributed by atoms with E-state index < -0.39 is 17.9 Å². The smallest absolute Gasteiger partial charge is 0.326 e. The van der Waals surface area contributed by atoms with Crippen molar-refractivity contribution >= 4 is 35.1 Å². The molecule has 1 aromatic rings. The Bertz CT molecular complexity index is 481. The van der Waals surface area contributed by atoms with Gasteiger partial charge in [0.15, 0.2) is 5.75 Å². The number of methoxy groups -OCH3 is 1. The van der Waals surface area contributed by atoms with Gasteiger partial charge in [0.1, 0.15) is 6.04 Å². The van der Waals surface area contributed by atoms with Crippen LogP contribution in [0.3, 0.4) is 0 Å². The number of rotatable bonds is 5. The molecular formula is C12H13Cl2NO4. The molecule has 0 saturated carbocycles. The Morgan fingerprint density at radius 1 is 1.37 bits per heavy atom. The number of halogens is 2. The highest BCUT2D eigenvalue weighted by Gasteiger charge is 2.20. The Hall–Kier alpha value is -1.46.